The second-order valence-corrected chi connectivity index (χ2v) is 2.70. The van der Waals surface area contributed by atoms with Gasteiger partial charge in [0.2, 0.25) is 0 Å². The van der Waals surface area contributed by atoms with Crippen LogP contribution in [-0.2, 0) is 4.74 Å². The molecule has 12 heavy (non-hydrogen) atoms. The highest BCUT2D eigenvalue weighted by Crippen LogP contribution is 2.10. The third kappa shape index (κ3) is 2.34. The van der Waals surface area contributed by atoms with Crippen LogP contribution >= 0.6 is 15.9 Å². The number of carbonyl (C=O) groups excluding carboxylic acids is 1. The fourth-order valence-electron chi connectivity index (χ4n) is 0.603. The Balaban J connectivity index is 3.45. The van der Waals surface area contributed by atoms with E-state index >= 15 is 0 Å². The lowest BCUT2D eigenvalue weighted by molar-refractivity contribution is 0.0526. The number of hydrogen-bond acceptors (Lipinski definition) is 2. The van der Waals surface area contributed by atoms with Gasteiger partial charge in [0.15, 0.2) is 0 Å². The number of carbonyl (C=O) groups is 1. The molecule has 0 atom stereocenters. The molecule has 0 heterocycles. The summed E-state index contributed by atoms with van der Waals surface area (Å²) in [7, 11) is 0. The van der Waals surface area contributed by atoms with E-state index in [1.165, 1.54) is 0 Å². The van der Waals surface area contributed by atoms with E-state index in [0.717, 1.165) is 0 Å². The van der Waals surface area contributed by atoms with E-state index in [-0.39, 0.29) is 28.7 Å². The quantitative estimate of drug-likeness (QED) is 0.734. The molecule has 1 aromatic rings. The van der Waals surface area contributed by atoms with Crippen molar-refractivity contribution in [2.75, 3.05) is 6.61 Å². The zero-order chi connectivity index (χ0) is 12.5. The maximum atomic E-state index is 11.5. The van der Waals surface area contributed by atoms with Crippen LogP contribution in [0.3, 0.4) is 0 Å². The summed E-state index contributed by atoms with van der Waals surface area (Å²) in [6, 6.07) is -1.37. The first-order valence-electron chi connectivity index (χ1n) is 5.34. The molecule has 0 aliphatic carbocycles. The fourth-order valence-corrected chi connectivity index (χ4v) is 0.801. The molecule has 1 aromatic carbocycles. The number of ether oxygens (including phenoxy) is 1. The van der Waals surface area contributed by atoms with Gasteiger partial charge in [-0.05, 0) is 31.1 Å². The lowest BCUT2D eigenvalue weighted by atomic mass is 10.2. The van der Waals surface area contributed by atoms with Crippen molar-refractivity contribution in [2.24, 2.45) is 0 Å². The van der Waals surface area contributed by atoms with Crippen molar-refractivity contribution < 1.29 is 15.0 Å². The van der Waals surface area contributed by atoms with Crippen molar-refractivity contribution in [1.29, 1.82) is 0 Å². The zero-order valence-corrected chi connectivity index (χ0v) is 7.99. The Hall–Kier alpha value is -0.830. The van der Waals surface area contributed by atoms with Gasteiger partial charge in [-0.15, -0.1) is 0 Å². The summed E-state index contributed by atoms with van der Waals surface area (Å²) in [4.78, 5) is 11.5. The maximum absolute atomic E-state index is 11.5. The largest absolute Gasteiger partial charge is 0.462 e. The molecule has 1 rings (SSSR count). The molecule has 0 aliphatic heterocycles. The molecule has 0 saturated carbocycles. The number of benzene rings is 1. The van der Waals surface area contributed by atoms with Gasteiger partial charge in [-0.1, -0.05) is 15.9 Å². The Morgan fingerprint density at radius 1 is 1.58 bits per heavy atom. The molecule has 3 heteroatoms. The predicted molar refractivity (Wildman–Crippen MR) is 50.1 cm³/mol. The number of hydrogen-bond donors (Lipinski definition) is 0. The minimum atomic E-state index is -0.841. The van der Waals surface area contributed by atoms with Gasteiger partial charge in [0.25, 0.3) is 0 Å². The van der Waals surface area contributed by atoms with Crippen LogP contribution in [0.25, 0.3) is 0 Å². The van der Waals surface area contributed by atoms with Gasteiger partial charge < -0.3 is 4.74 Å². The topological polar surface area (TPSA) is 26.3 Å². The predicted octanol–water partition coefficient (Wildman–Crippen LogP) is 2.63. The third-order valence-corrected chi connectivity index (χ3v) is 1.47. The molecule has 0 aromatic heterocycles. The molecule has 64 valence electrons. The molecule has 0 unspecified atom stereocenters. The molecular weight excluding hydrogens is 220 g/mol. The minimum Gasteiger partial charge on any atom is -0.462 e. The number of rotatable bonds is 2. The molecule has 0 saturated heterocycles. The van der Waals surface area contributed by atoms with Crippen LogP contribution in [0.1, 0.15) is 22.8 Å². The monoisotopic (exact) mass is 232 g/mol. The lowest BCUT2D eigenvalue weighted by Gasteiger charge is -2.00. The first-order chi connectivity index (χ1) is 7.41. The van der Waals surface area contributed by atoms with E-state index in [1.807, 2.05) is 0 Å². The van der Waals surface area contributed by atoms with Crippen LogP contribution in [0.5, 0.6) is 0 Å². The maximum Gasteiger partial charge on any atom is 0.338 e. The molecule has 0 spiro atoms. The van der Waals surface area contributed by atoms with Crippen molar-refractivity contribution in [1.82, 2.24) is 0 Å². The standard InChI is InChI=1S/C9H9BrO2/c1-2-12-9(11)7-3-5-8(10)6-4-7/h3-6H,2H2,1H3/i3D,4D,5D,6D. The Morgan fingerprint density at radius 2 is 2.17 bits per heavy atom. The highest BCUT2D eigenvalue weighted by molar-refractivity contribution is 9.10. The fraction of sp³-hybridized carbons (Fsp3) is 0.222. The van der Waals surface area contributed by atoms with Crippen LogP contribution in [0, 0.1) is 0 Å². The Morgan fingerprint density at radius 3 is 2.67 bits per heavy atom. The lowest BCUT2D eigenvalue weighted by Crippen LogP contribution is -2.03. The average Bonchev–Trinajstić information content (AvgIpc) is 2.24. The molecule has 0 radical (unpaired) electrons. The van der Waals surface area contributed by atoms with Gasteiger partial charge in [-0.2, -0.15) is 0 Å². The molecule has 0 amide bonds. The molecular formula is C9H9BrO2. The number of esters is 1. The minimum absolute atomic E-state index is 0.0375. The Labute approximate surface area is 85.3 Å². The summed E-state index contributed by atoms with van der Waals surface area (Å²) >= 11 is 2.94. The smallest absolute Gasteiger partial charge is 0.338 e. The van der Waals surface area contributed by atoms with E-state index in [0.29, 0.717) is 0 Å². The highest BCUT2D eigenvalue weighted by atomic mass is 79.9. The Bertz CT molecular complexity index is 419. The van der Waals surface area contributed by atoms with Gasteiger partial charge in [0.05, 0.1) is 17.7 Å². The van der Waals surface area contributed by atoms with Crippen LogP contribution in [0.2, 0.25) is 0 Å². The van der Waals surface area contributed by atoms with E-state index < -0.39 is 18.1 Å². The van der Waals surface area contributed by atoms with Crippen LogP contribution in [0.15, 0.2) is 28.6 Å². The Kier molecular flexibility index (Phi) is 1.78. The van der Waals surface area contributed by atoms with Gasteiger partial charge >= 0.3 is 5.97 Å². The van der Waals surface area contributed by atoms with Crippen LogP contribution < -0.4 is 0 Å². The first kappa shape index (κ1) is 5.02. The second kappa shape index (κ2) is 4.26. The van der Waals surface area contributed by atoms with Gasteiger partial charge in [-0.25, -0.2) is 4.79 Å². The molecule has 2 nitrogen and oxygen atoms in total. The summed E-state index contributed by atoms with van der Waals surface area (Å²) in [5, 5.41) is 0. The van der Waals surface area contributed by atoms with Gasteiger partial charge in [-0.3, -0.25) is 0 Å². The van der Waals surface area contributed by atoms with E-state index in [4.69, 9.17) is 5.48 Å². The van der Waals surface area contributed by atoms with Gasteiger partial charge in [0, 0.05) is 4.47 Å². The van der Waals surface area contributed by atoms with Crippen molar-refractivity contribution >= 4 is 21.9 Å². The molecule has 0 bridgehead atoms. The van der Waals surface area contributed by atoms with E-state index in [2.05, 4.69) is 20.7 Å². The van der Waals surface area contributed by atoms with Gasteiger partial charge in [0.1, 0.15) is 0 Å². The van der Waals surface area contributed by atoms with E-state index in [1.54, 1.807) is 6.92 Å². The second-order valence-electron chi connectivity index (χ2n) is 1.91. The summed E-state index contributed by atoms with van der Waals surface area (Å²) in [5.41, 5.74) is -0.333. The SMILES string of the molecule is [2H]c1c([2H])c(C(=O)OCC)c([2H])c([2H])c1Br. The summed E-state index contributed by atoms with van der Waals surface area (Å²) in [6.45, 7) is 1.72. The molecule has 0 fully saturated rings. The van der Waals surface area contributed by atoms with Crippen molar-refractivity contribution in [3.05, 3.63) is 34.2 Å². The summed E-state index contributed by atoms with van der Waals surface area (Å²) < 4.78 is 34.8. The first-order valence-corrected chi connectivity index (χ1v) is 4.14. The van der Waals surface area contributed by atoms with Crippen LogP contribution in [-0.4, -0.2) is 12.6 Å². The van der Waals surface area contributed by atoms with Crippen molar-refractivity contribution in [3.8, 4) is 0 Å². The third-order valence-electron chi connectivity index (χ3n) is 1.07. The van der Waals surface area contributed by atoms with Crippen LogP contribution in [0.4, 0.5) is 0 Å². The number of halogens is 1. The summed E-state index contributed by atoms with van der Waals surface area (Å²) in [5.74, 6) is -0.841. The summed E-state index contributed by atoms with van der Waals surface area (Å²) in [6.07, 6.45) is 0. The highest BCUT2D eigenvalue weighted by Gasteiger charge is 2.03. The normalized spacial score (nSPS) is 14.2. The van der Waals surface area contributed by atoms with Crippen molar-refractivity contribution in [2.45, 2.75) is 6.92 Å². The zero-order valence-electron chi connectivity index (χ0n) is 10.4. The van der Waals surface area contributed by atoms with E-state index in [9.17, 15) is 4.79 Å². The van der Waals surface area contributed by atoms with Crippen molar-refractivity contribution in [3.63, 3.8) is 0 Å². The molecule has 0 aliphatic rings. The molecule has 0 N–H and O–H groups in total. The average molecular weight is 233 g/mol.